The third kappa shape index (κ3) is 3.11. The predicted octanol–water partition coefficient (Wildman–Crippen LogP) is 1.32. The average Bonchev–Trinajstić information content (AvgIpc) is 2.41. The lowest BCUT2D eigenvalue weighted by atomic mass is 10.1. The number of rotatable bonds is 4. The molecular weight excluding hydrogens is 272 g/mol. The summed E-state index contributed by atoms with van der Waals surface area (Å²) in [5.74, 6) is -0.532. The van der Waals surface area contributed by atoms with Crippen LogP contribution in [0.15, 0.2) is 23.0 Å². The van der Waals surface area contributed by atoms with Crippen molar-refractivity contribution in [2.45, 2.75) is 33.4 Å². The van der Waals surface area contributed by atoms with E-state index in [0.717, 1.165) is 10.2 Å². The highest BCUT2D eigenvalue weighted by Crippen LogP contribution is 2.20. The minimum Gasteiger partial charge on any atom is -0.465 e. The molecule has 1 atom stereocenters. The van der Waals surface area contributed by atoms with Crippen LogP contribution in [0.3, 0.4) is 0 Å². The van der Waals surface area contributed by atoms with Crippen molar-refractivity contribution < 1.29 is 14.6 Å². The summed E-state index contributed by atoms with van der Waals surface area (Å²) in [5.41, 5.74) is 0.966. The van der Waals surface area contributed by atoms with E-state index in [4.69, 9.17) is 4.74 Å². The Labute approximate surface area is 122 Å². The van der Waals surface area contributed by atoms with Crippen molar-refractivity contribution in [2.24, 2.45) is 0 Å². The van der Waals surface area contributed by atoms with Crippen LogP contribution in [-0.4, -0.2) is 27.5 Å². The van der Waals surface area contributed by atoms with Crippen LogP contribution in [0.25, 0.3) is 10.8 Å². The van der Waals surface area contributed by atoms with E-state index in [1.165, 1.54) is 0 Å². The molecule has 6 heteroatoms. The van der Waals surface area contributed by atoms with Crippen molar-refractivity contribution in [3.8, 4) is 0 Å². The number of aliphatic hydroxyl groups excluding tert-OH is 1. The first-order chi connectivity index (χ1) is 9.93. The minimum atomic E-state index is -0.844. The highest BCUT2D eigenvalue weighted by atomic mass is 16.5. The van der Waals surface area contributed by atoms with Crippen molar-refractivity contribution in [3.63, 3.8) is 0 Å². The predicted molar refractivity (Wildman–Crippen MR) is 78.0 cm³/mol. The zero-order chi connectivity index (χ0) is 15.6. The Morgan fingerprint density at radius 1 is 1.43 bits per heavy atom. The number of aliphatic hydroxyl groups is 1. The maximum Gasteiger partial charge on any atom is 0.327 e. The van der Waals surface area contributed by atoms with Crippen LogP contribution in [0.2, 0.25) is 0 Å². The first-order valence-electron chi connectivity index (χ1n) is 6.79. The van der Waals surface area contributed by atoms with E-state index in [9.17, 15) is 14.7 Å². The quantitative estimate of drug-likeness (QED) is 0.859. The van der Waals surface area contributed by atoms with E-state index in [-0.39, 0.29) is 18.7 Å². The van der Waals surface area contributed by atoms with Gasteiger partial charge in [0.15, 0.2) is 0 Å². The second kappa shape index (κ2) is 6.05. The number of fused-ring (bicyclic) bond motifs is 1. The third-order valence-corrected chi connectivity index (χ3v) is 3.12. The molecule has 0 bridgehead atoms. The SMILES string of the molecule is CCOC(=O)Cn1nc(C(C)O)c2cc(C)ccc2c1=O. The number of carbonyl (C=O) groups is 1. The van der Waals surface area contributed by atoms with Crippen molar-refractivity contribution in [1.29, 1.82) is 0 Å². The Bertz CT molecular complexity index is 734. The van der Waals surface area contributed by atoms with Crippen LogP contribution >= 0.6 is 0 Å². The average molecular weight is 290 g/mol. The van der Waals surface area contributed by atoms with Gasteiger partial charge >= 0.3 is 5.97 Å². The van der Waals surface area contributed by atoms with Gasteiger partial charge in [-0.25, -0.2) is 4.68 Å². The molecule has 1 unspecified atom stereocenters. The normalized spacial score (nSPS) is 12.4. The monoisotopic (exact) mass is 290 g/mol. The molecule has 1 heterocycles. The number of carbonyl (C=O) groups excluding carboxylic acids is 1. The first kappa shape index (κ1) is 15.2. The molecule has 0 aliphatic heterocycles. The summed E-state index contributed by atoms with van der Waals surface area (Å²) in [6, 6.07) is 5.30. The number of benzene rings is 1. The smallest absolute Gasteiger partial charge is 0.327 e. The van der Waals surface area contributed by atoms with Crippen LogP contribution < -0.4 is 5.56 Å². The van der Waals surface area contributed by atoms with Gasteiger partial charge in [-0.15, -0.1) is 0 Å². The molecule has 21 heavy (non-hydrogen) atoms. The molecule has 1 aromatic carbocycles. The Morgan fingerprint density at radius 3 is 2.76 bits per heavy atom. The van der Waals surface area contributed by atoms with Gasteiger partial charge in [0.25, 0.3) is 5.56 Å². The molecule has 6 nitrogen and oxygen atoms in total. The zero-order valence-electron chi connectivity index (χ0n) is 12.3. The zero-order valence-corrected chi connectivity index (χ0v) is 12.3. The molecule has 112 valence electrons. The summed E-state index contributed by atoms with van der Waals surface area (Å²) in [6.45, 7) is 5.14. The lowest BCUT2D eigenvalue weighted by Crippen LogP contribution is -2.29. The fourth-order valence-corrected chi connectivity index (χ4v) is 2.17. The Kier molecular flexibility index (Phi) is 4.37. The van der Waals surface area contributed by atoms with Gasteiger partial charge in [-0.1, -0.05) is 11.6 Å². The molecule has 0 aliphatic rings. The molecule has 1 N–H and O–H groups in total. The summed E-state index contributed by atoms with van der Waals surface area (Å²) in [5, 5.41) is 15.0. The fraction of sp³-hybridized carbons (Fsp3) is 0.400. The summed E-state index contributed by atoms with van der Waals surface area (Å²) in [4.78, 5) is 23.9. The second-order valence-corrected chi connectivity index (χ2v) is 4.88. The van der Waals surface area contributed by atoms with Crippen LogP contribution in [0.1, 0.15) is 31.2 Å². The Balaban J connectivity index is 2.63. The maximum absolute atomic E-state index is 12.4. The number of aromatic nitrogens is 2. The molecular formula is C15H18N2O4. The second-order valence-electron chi connectivity index (χ2n) is 4.88. The summed E-state index contributed by atoms with van der Waals surface area (Å²) >= 11 is 0. The Morgan fingerprint density at radius 2 is 2.14 bits per heavy atom. The standard InChI is InChI=1S/C15H18N2O4/c1-4-21-13(19)8-17-15(20)11-6-5-9(2)7-12(11)14(16-17)10(3)18/h5-7,10,18H,4,8H2,1-3H3. The molecule has 2 rings (SSSR count). The van der Waals surface area contributed by atoms with Crippen molar-refractivity contribution in [2.75, 3.05) is 6.61 Å². The molecule has 0 saturated heterocycles. The highest BCUT2D eigenvalue weighted by molar-refractivity contribution is 5.84. The highest BCUT2D eigenvalue weighted by Gasteiger charge is 2.16. The molecule has 1 aromatic heterocycles. The number of nitrogens with zero attached hydrogens (tertiary/aromatic N) is 2. The number of ether oxygens (including phenoxy) is 1. The van der Waals surface area contributed by atoms with Crippen LogP contribution in [-0.2, 0) is 16.1 Å². The van der Waals surface area contributed by atoms with Crippen LogP contribution in [0.4, 0.5) is 0 Å². The maximum atomic E-state index is 12.4. The molecule has 0 spiro atoms. The van der Waals surface area contributed by atoms with E-state index in [2.05, 4.69) is 5.10 Å². The molecule has 0 saturated carbocycles. The summed E-state index contributed by atoms with van der Waals surface area (Å²) < 4.78 is 5.87. The fourth-order valence-electron chi connectivity index (χ4n) is 2.17. The van der Waals surface area contributed by atoms with Gasteiger partial charge in [0.1, 0.15) is 6.54 Å². The number of hydrogen-bond acceptors (Lipinski definition) is 5. The molecule has 0 radical (unpaired) electrons. The first-order valence-corrected chi connectivity index (χ1v) is 6.79. The summed E-state index contributed by atoms with van der Waals surface area (Å²) in [6.07, 6.45) is -0.844. The van der Waals surface area contributed by atoms with Crippen LogP contribution in [0, 0.1) is 6.92 Å². The van der Waals surface area contributed by atoms with Gasteiger partial charge in [-0.2, -0.15) is 5.10 Å². The van der Waals surface area contributed by atoms with Crippen molar-refractivity contribution in [3.05, 3.63) is 39.8 Å². The number of hydrogen-bond donors (Lipinski definition) is 1. The lowest BCUT2D eigenvalue weighted by Gasteiger charge is -2.12. The third-order valence-electron chi connectivity index (χ3n) is 3.12. The molecule has 2 aromatic rings. The molecule has 0 aliphatic carbocycles. The Hall–Kier alpha value is -2.21. The van der Waals surface area contributed by atoms with Gasteiger partial charge < -0.3 is 9.84 Å². The summed E-state index contributed by atoms with van der Waals surface area (Å²) in [7, 11) is 0. The van der Waals surface area contributed by atoms with Gasteiger partial charge in [-0.05, 0) is 32.9 Å². The van der Waals surface area contributed by atoms with Gasteiger partial charge in [0, 0.05) is 5.39 Å². The topological polar surface area (TPSA) is 81.4 Å². The van der Waals surface area contributed by atoms with Gasteiger partial charge in [0.05, 0.1) is 23.8 Å². The van der Waals surface area contributed by atoms with Crippen molar-refractivity contribution >= 4 is 16.7 Å². The van der Waals surface area contributed by atoms with Gasteiger partial charge in [0.2, 0.25) is 0 Å². The van der Waals surface area contributed by atoms with E-state index in [1.54, 1.807) is 26.0 Å². The van der Waals surface area contributed by atoms with Crippen LogP contribution in [0.5, 0.6) is 0 Å². The molecule has 0 amide bonds. The van der Waals surface area contributed by atoms with E-state index in [0.29, 0.717) is 16.5 Å². The van der Waals surface area contributed by atoms with E-state index < -0.39 is 12.1 Å². The van der Waals surface area contributed by atoms with Crippen molar-refractivity contribution in [1.82, 2.24) is 9.78 Å². The van der Waals surface area contributed by atoms with Gasteiger partial charge in [-0.3, -0.25) is 9.59 Å². The van der Waals surface area contributed by atoms with E-state index >= 15 is 0 Å². The lowest BCUT2D eigenvalue weighted by molar-refractivity contribution is -0.144. The van der Waals surface area contributed by atoms with E-state index in [1.807, 2.05) is 13.0 Å². The largest absolute Gasteiger partial charge is 0.465 e. The minimum absolute atomic E-state index is 0.240. The number of esters is 1. The number of aryl methyl sites for hydroxylation is 1. The molecule has 0 fully saturated rings.